The van der Waals surface area contributed by atoms with Crippen LogP contribution >= 0.6 is 31.9 Å². The first-order valence-electron chi connectivity index (χ1n) is 6.09. The third-order valence-electron chi connectivity index (χ3n) is 3.30. The minimum Gasteiger partial charge on any atom is -0.339 e. The summed E-state index contributed by atoms with van der Waals surface area (Å²) in [6.45, 7) is 0.704. The van der Waals surface area contributed by atoms with Crippen molar-refractivity contribution in [2.75, 3.05) is 5.33 Å². The van der Waals surface area contributed by atoms with E-state index >= 15 is 0 Å². The summed E-state index contributed by atoms with van der Waals surface area (Å²) < 4.78 is 16.4. The molecule has 0 atom stereocenters. The van der Waals surface area contributed by atoms with Crippen LogP contribution in [0, 0.1) is 5.82 Å². The molecule has 0 unspecified atom stereocenters. The predicted molar refractivity (Wildman–Crippen MR) is 87.2 cm³/mol. The van der Waals surface area contributed by atoms with Crippen molar-refractivity contribution >= 4 is 53.7 Å². The van der Waals surface area contributed by atoms with Crippen LogP contribution in [0.1, 0.15) is 0 Å². The van der Waals surface area contributed by atoms with Gasteiger partial charge in [0.15, 0.2) is 5.43 Å². The maximum absolute atomic E-state index is 13.4. The van der Waals surface area contributed by atoms with Gasteiger partial charge in [-0.15, -0.1) is 0 Å². The fourth-order valence-corrected chi connectivity index (χ4v) is 3.15. The smallest absolute Gasteiger partial charge is 0.197 e. The summed E-state index contributed by atoms with van der Waals surface area (Å²) in [4.78, 5) is 12.5. The molecule has 2 nitrogen and oxygen atoms in total. The molecule has 0 aliphatic heterocycles. The van der Waals surface area contributed by atoms with Crippen molar-refractivity contribution in [3.63, 3.8) is 0 Å². The summed E-state index contributed by atoms with van der Waals surface area (Å²) in [6, 6.07) is 9.88. The summed E-state index contributed by atoms with van der Waals surface area (Å²) in [5, 5.41) is 1.78. The summed E-state index contributed by atoms with van der Waals surface area (Å²) in [5.41, 5.74) is 1.47. The Bertz CT molecular complexity index is 873. The quantitative estimate of drug-likeness (QED) is 0.461. The molecular formula is C15H10Br2FNO. The molecule has 0 aliphatic carbocycles. The van der Waals surface area contributed by atoms with Crippen LogP contribution in [0.15, 0.2) is 45.7 Å². The molecule has 5 heteroatoms. The fourth-order valence-electron chi connectivity index (χ4n) is 2.45. The minimum atomic E-state index is -0.392. The number of nitrogens with zero attached hydrogens (tertiary/aromatic N) is 1. The van der Waals surface area contributed by atoms with E-state index < -0.39 is 5.82 Å². The highest BCUT2D eigenvalue weighted by molar-refractivity contribution is 9.10. The van der Waals surface area contributed by atoms with Gasteiger partial charge >= 0.3 is 0 Å². The van der Waals surface area contributed by atoms with Gasteiger partial charge in [-0.1, -0.05) is 31.9 Å². The maximum atomic E-state index is 13.4. The number of alkyl halides is 1. The van der Waals surface area contributed by atoms with Gasteiger partial charge in [-0.3, -0.25) is 4.79 Å². The Morgan fingerprint density at radius 3 is 2.60 bits per heavy atom. The van der Waals surface area contributed by atoms with Gasteiger partial charge in [-0.2, -0.15) is 0 Å². The van der Waals surface area contributed by atoms with Gasteiger partial charge in [0, 0.05) is 27.1 Å². The lowest BCUT2D eigenvalue weighted by atomic mass is 10.1. The number of hydrogen-bond acceptors (Lipinski definition) is 1. The molecule has 20 heavy (non-hydrogen) atoms. The first-order chi connectivity index (χ1) is 9.61. The number of aryl methyl sites for hydroxylation is 1. The van der Waals surface area contributed by atoms with E-state index in [-0.39, 0.29) is 5.43 Å². The second-order valence-corrected chi connectivity index (χ2v) is 6.20. The van der Waals surface area contributed by atoms with Crippen LogP contribution in [0.4, 0.5) is 4.39 Å². The topological polar surface area (TPSA) is 22.0 Å². The molecule has 0 radical (unpaired) electrons. The second-order valence-electron chi connectivity index (χ2n) is 4.49. The molecule has 0 N–H and O–H groups in total. The van der Waals surface area contributed by atoms with Gasteiger partial charge in [0.05, 0.1) is 11.0 Å². The number of rotatable bonds is 2. The van der Waals surface area contributed by atoms with Crippen molar-refractivity contribution in [1.29, 1.82) is 0 Å². The van der Waals surface area contributed by atoms with Crippen molar-refractivity contribution in [2.45, 2.75) is 6.54 Å². The van der Waals surface area contributed by atoms with Crippen LogP contribution in [0.3, 0.4) is 0 Å². The number of pyridine rings is 1. The standard InChI is InChI=1S/C15H10Br2FNO/c16-5-6-19-13-4-2-10(18)8-12(13)15(20)11-3-1-9(17)7-14(11)19/h1-4,7-8H,5-6H2. The van der Waals surface area contributed by atoms with E-state index in [4.69, 9.17) is 0 Å². The zero-order valence-electron chi connectivity index (χ0n) is 10.4. The lowest BCUT2D eigenvalue weighted by molar-refractivity contribution is 0.629. The zero-order valence-corrected chi connectivity index (χ0v) is 13.5. The molecule has 1 aromatic heterocycles. The van der Waals surface area contributed by atoms with E-state index in [1.54, 1.807) is 12.1 Å². The molecule has 1 heterocycles. The van der Waals surface area contributed by atoms with Crippen LogP contribution in [-0.2, 0) is 6.54 Å². The summed E-state index contributed by atoms with van der Waals surface area (Å²) in [7, 11) is 0. The van der Waals surface area contributed by atoms with E-state index in [0.29, 0.717) is 17.3 Å². The lowest BCUT2D eigenvalue weighted by Gasteiger charge is -2.14. The molecule has 3 rings (SSSR count). The fraction of sp³-hybridized carbons (Fsp3) is 0.133. The van der Waals surface area contributed by atoms with Gasteiger partial charge in [-0.05, 0) is 36.4 Å². The Hall–Kier alpha value is -1.20. The van der Waals surface area contributed by atoms with E-state index in [1.807, 2.05) is 16.7 Å². The predicted octanol–water partition coefficient (Wildman–Crippen LogP) is 4.45. The Labute approximate surface area is 131 Å². The van der Waals surface area contributed by atoms with Crippen molar-refractivity contribution < 1.29 is 4.39 Å². The molecule has 0 amide bonds. The molecule has 3 aromatic rings. The molecule has 0 saturated carbocycles. The molecule has 0 saturated heterocycles. The summed E-state index contributed by atoms with van der Waals surface area (Å²) in [6.07, 6.45) is 0. The Morgan fingerprint density at radius 2 is 1.85 bits per heavy atom. The first kappa shape index (κ1) is 13.8. The first-order valence-corrected chi connectivity index (χ1v) is 8.00. The summed E-state index contributed by atoms with van der Waals surface area (Å²) >= 11 is 6.86. The van der Waals surface area contributed by atoms with Crippen LogP contribution in [0.25, 0.3) is 21.8 Å². The molecule has 0 aliphatic rings. The Kier molecular flexibility index (Phi) is 3.65. The average molecular weight is 399 g/mol. The molecule has 2 aromatic carbocycles. The number of hydrogen-bond donors (Lipinski definition) is 0. The van der Waals surface area contributed by atoms with Crippen molar-refractivity contribution in [1.82, 2.24) is 4.57 Å². The van der Waals surface area contributed by atoms with Gasteiger partial charge in [0.2, 0.25) is 0 Å². The minimum absolute atomic E-state index is 0.132. The van der Waals surface area contributed by atoms with Crippen LogP contribution in [0.5, 0.6) is 0 Å². The number of fused-ring (bicyclic) bond motifs is 2. The highest BCUT2D eigenvalue weighted by Gasteiger charge is 2.11. The molecule has 102 valence electrons. The Balaban J connectivity index is 2.57. The number of halogens is 3. The van der Waals surface area contributed by atoms with Gasteiger partial charge in [0.25, 0.3) is 0 Å². The average Bonchev–Trinajstić information content (AvgIpc) is 2.43. The summed E-state index contributed by atoms with van der Waals surface area (Å²) in [5.74, 6) is -0.392. The highest BCUT2D eigenvalue weighted by Crippen LogP contribution is 2.23. The van der Waals surface area contributed by atoms with Crippen LogP contribution in [0.2, 0.25) is 0 Å². The highest BCUT2D eigenvalue weighted by atomic mass is 79.9. The van der Waals surface area contributed by atoms with Gasteiger partial charge < -0.3 is 4.57 Å². The molecule has 0 fully saturated rings. The SMILES string of the molecule is O=c1c2cc(F)ccc2n(CCBr)c2cc(Br)ccc12. The van der Waals surface area contributed by atoms with E-state index in [9.17, 15) is 9.18 Å². The molecule has 0 bridgehead atoms. The van der Waals surface area contributed by atoms with E-state index in [1.165, 1.54) is 12.1 Å². The van der Waals surface area contributed by atoms with Crippen molar-refractivity contribution in [3.05, 3.63) is 56.9 Å². The molecule has 0 spiro atoms. The zero-order chi connectivity index (χ0) is 14.3. The molecular weight excluding hydrogens is 389 g/mol. The van der Waals surface area contributed by atoms with Crippen LogP contribution < -0.4 is 5.43 Å². The largest absolute Gasteiger partial charge is 0.339 e. The maximum Gasteiger partial charge on any atom is 0.197 e. The van der Waals surface area contributed by atoms with Gasteiger partial charge in [0.1, 0.15) is 5.82 Å². The van der Waals surface area contributed by atoms with Crippen LogP contribution in [-0.4, -0.2) is 9.90 Å². The lowest BCUT2D eigenvalue weighted by Crippen LogP contribution is -2.12. The van der Waals surface area contributed by atoms with E-state index in [0.717, 1.165) is 20.8 Å². The monoisotopic (exact) mass is 397 g/mol. The second kappa shape index (κ2) is 5.30. The van der Waals surface area contributed by atoms with Gasteiger partial charge in [-0.25, -0.2) is 4.39 Å². The number of benzene rings is 2. The number of aromatic nitrogens is 1. The van der Waals surface area contributed by atoms with Crippen molar-refractivity contribution in [2.24, 2.45) is 0 Å². The van der Waals surface area contributed by atoms with E-state index in [2.05, 4.69) is 31.9 Å². The third-order valence-corrected chi connectivity index (χ3v) is 4.15. The Morgan fingerprint density at radius 1 is 1.05 bits per heavy atom. The normalized spacial score (nSPS) is 11.3. The van der Waals surface area contributed by atoms with Crippen molar-refractivity contribution in [3.8, 4) is 0 Å². The third kappa shape index (κ3) is 2.19.